The highest BCUT2D eigenvalue weighted by atomic mass is 15.0. The number of fused-ring (bicyclic) bond motifs is 9. The SMILES string of the molecule is CC1(C)c2cc3ccccc3cc2-c2c(-c3cccc(/C=C/C(NC(N)c4ccccc4)c4cc5c(c6ccccc46)-c4ccccc4C5(C)C)c3)cccc21. The van der Waals surface area contributed by atoms with E-state index in [-0.39, 0.29) is 23.0 Å². The molecule has 8 aromatic rings. The molecule has 0 fully saturated rings. The molecule has 0 spiro atoms. The molecule has 0 aromatic heterocycles. The van der Waals surface area contributed by atoms with Gasteiger partial charge in [0.05, 0.1) is 12.2 Å². The first-order valence-corrected chi connectivity index (χ1v) is 19.9. The molecule has 2 aliphatic carbocycles. The molecule has 0 bridgehead atoms. The van der Waals surface area contributed by atoms with Crippen LogP contribution in [-0.2, 0) is 10.8 Å². The van der Waals surface area contributed by atoms with E-state index in [0.717, 1.165) is 11.1 Å². The van der Waals surface area contributed by atoms with E-state index in [1.807, 2.05) is 6.07 Å². The maximum atomic E-state index is 6.98. The van der Waals surface area contributed by atoms with Crippen LogP contribution in [0.1, 0.15) is 78.8 Å². The van der Waals surface area contributed by atoms with Crippen LogP contribution in [0.15, 0.2) is 170 Å². The van der Waals surface area contributed by atoms with E-state index in [1.165, 1.54) is 82.7 Å². The van der Waals surface area contributed by atoms with Crippen LogP contribution >= 0.6 is 0 Å². The molecular formula is C54H46N2. The van der Waals surface area contributed by atoms with Crippen LogP contribution in [0.25, 0.3) is 61.0 Å². The van der Waals surface area contributed by atoms with Gasteiger partial charge in [-0.1, -0.05) is 185 Å². The maximum Gasteiger partial charge on any atom is 0.0817 e. The summed E-state index contributed by atoms with van der Waals surface area (Å²) in [6, 6.07) is 59.8. The number of hydrogen-bond donors (Lipinski definition) is 2. The highest BCUT2D eigenvalue weighted by Gasteiger charge is 2.38. The normalized spacial score (nSPS) is 15.7. The fourth-order valence-corrected chi connectivity index (χ4v) is 9.76. The van der Waals surface area contributed by atoms with Gasteiger partial charge in [-0.2, -0.15) is 0 Å². The minimum atomic E-state index is -0.360. The lowest BCUT2D eigenvalue weighted by atomic mass is 9.80. The van der Waals surface area contributed by atoms with Gasteiger partial charge in [0, 0.05) is 10.8 Å². The van der Waals surface area contributed by atoms with E-state index in [2.05, 4.69) is 203 Å². The molecule has 10 rings (SSSR count). The van der Waals surface area contributed by atoms with Crippen molar-refractivity contribution in [3.05, 3.63) is 209 Å². The van der Waals surface area contributed by atoms with Crippen molar-refractivity contribution in [3.63, 3.8) is 0 Å². The van der Waals surface area contributed by atoms with E-state index in [9.17, 15) is 0 Å². The van der Waals surface area contributed by atoms with Crippen molar-refractivity contribution in [2.75, 3.05) is 0 Å². The monoisotopic (exact) mass is 722 g/mol. The van der Waals surface area contributed by atoms with Crippen LogP contribution in [0, 0.1) is 0 Å². The van der Waals surface area contributed by atoms with E-state index in [4.69, 9.17) is 5.73 Å². The van der Waals surface area contributed by atoms with Gasteiger partial charge >= 0.3 is 0 Å². The second-order valence-electron chi connectivity index (χ2n) is 16.7. The van der Waals surface area contributed by atoms with Gasteiger partial charge in [0.25, 0.3) is 0 Å². The Morgan fingerprint density at radius 3 is 1.96 bits per heavy atom. The van der Waals surface area contributed by atoms with E-state index in [0.29, 0.717) is 0 Å². The Bertz CT molecular complexity index is 2860. The smallest absolute Gasteiger partial charge is 0.0817 e. The Morgan fingerprint density at radius 1 is 0.500 bits per heavy atom. The van der Waals surface area contributed by atoms with Crippen LogP contribution in [0.4, 0.5) is 0 Å². The summed E-state index contributed by atoms with van der Waals surface area (Å²) in [5.41, 5.74) is 23.6. The molecule has 2 heteroatoms. The molecule has 0 aliphatic heterocycles. The Kier molecular flexibility index (Phi) is 8.01. The minimum absolute atomic E-state index is 0.0901. The highest BCUT2D eigenvalue weighted by Crippen LogP contribution is 2.54. The summed E-state index contributed by atoms with van der Waals surface area (Å²) in [5.74, 6) is 0. The molecule has 0 heterocycles. The molecule has 0 amide bonds. The van der Waals surface area contributed by atoms with Gasteiger partial charge < -0.3 is 5.73 Å². The maximum absolute atomic E-state index is 6.98. The van der Waals surface area contributed by atoms with Crippen LogP contribution in [-0.4, -0.2) is 0 Å². The Balaban J connectivity index is 1.09. The molecule has 3 N–H and O–H groups in total. The molecule has 0 radical (unpaired) electrons. The summed E-state index contributed by atoms with van der Waals surface area (Å²) in [4.78, 5) is 0. The predicted molar refractivity (Wildman–Crippen MR) is 237 cm³/mol. The Labute approximate surface area is 330 Å². The average molecular weight is 723 g/mol. The standard InChI is InChI=1S/C54H46N2/c1-53(2)45-26-13-12-24-42(45)51-41-23-11-10-22-40(41)43(33-48(51)53)49(56-52(55)35-17-6-5-7-18-35)29-28-34-16-14-21-38(30-34)39-25-15-27-46-50(39)44-31-36-19-8-9-20-37(36)32-47(44)54(46,3)4/h5-33,49,52,56H,55H2,1-4H3/b29-28+. The molecular weight excluding hydrogens is 677 g/mol. The van der Waals surface area contributed by atoms with E-state index < -0.39 is 0 Å². The molecule has 8 aromatic carbocycles. The molecule has 2 nitrogen and oxygen atoms in total. The zero-order valence-corrected chi connectivity index (χ0v) is 32.5. The van der Waals surface area contributed by atoms with E-state index in [1.54, 1.807) is 0 Å². The van der Waals surface area contributed by atoms with Gasteiger partial charge in [0.2, 0.25) is 0 Å². The van der Waals surface area contributed by atoms with Gasteiger partial charge in [0.1, 0.15) is 0 Å². The van der Waals surface area contributed by atoms with Gasteiger partial charge in [-0.3, -0.25) is 5.32 Å². The number of hydrogen-bond acceptors (Lipinski definition) is 2. The molecule has 2 aliphatic rings. The van der Waals surface area contributed by atoms with Crippen molar-refractivity contribution in [1.29, 1.82) is 0 Å². The van der Waals surface area contributed by atoms with E-state index >= 15 is 0 Å². The number of nitrogens with one attached hydrogen (secondary N) is 1. The lowest BCUT2D eigenvalue weighted by Gasteiger charge is -2.27. The summed E-state index contributed by atoms with van der Waals surface area (Å²) in [7, 11) is 0. The fourth-order valence-electron chi connectivity index (χ4n) is 9.76. The largest absolute Gasteiger partial charge is 0.312 e. The van der Waals surface area contributed by atoms with Crippen molar-refractivity contribution in [1.82, 2.24) is 5.32 Å². The molecule has 0 saturated heterocycles. The first-order valence-electron chi connectivity index (χ1n) is 19.9. The summed E-state index contributed by atoms with van der Waals surface area (Å²) < 4.78 is 0. The second-order valence-corrected chi connectivity index (χ2v) is 16.7. The zero-order valence-electron chi connectivity index (χ0n) is 32.5. The molecule has 2 unspecified atom stereocenters. The van der Waals surface area contributed by atoms with Crippen molar-refractivity contribution >= 4 is 27.6 Å². The van der Waals surface area contributed by atoms with Crippen molar-refractivity contribution in [2.24, 2.45) is 5.73 Å². The molecule has 56 heavy (non-hydrogen) atoms. The van der Waals surface area contributed by atoms with Crippen LogP contribution in [0.2, 0.25) is 0 Å². The summed E-state index contributed by atoms with van der Waals surface area (Å²) in [6.45, 7) is 9.45. The van der Waals surface area contributed by atoms with Crippen molar-refractivity contribution < 1.29 is 0 Å². The Morgan fingerprint density at radius 2 is 1.14 bits per heavy atom. The highest BCUT2D eigenvalue weighted by molar-refractivity contribution is 6.04. The van der Waals surface area contributed by atoms with Crippen LogP contribution in [0.3, 0.4) is 0 Å². The summed E-state index contributed by atoms with van der Waals surface area (Å²) >= 11 is 0. The zero-order chi connectivity index (χ0) is 38.2. The lowest BCUT2D eigenvalue weighted by molar-refractivity contribution is 0.510. The summed E-state index contributed by atoms with van der Waals surface area (Å²) in [6.07, 6.45) is 4.22. The van der Waals surface area contributed by atoms with Crippen molar-refractivity contribution in [3.8, 4) is 33.4 Å². The average Bonchev–Trinajstić information content (AvgIpc) is 3.60. The van der Waals surface area contributed by atoms with Gasteiger partial charge in [-0.15, -0.1) is 0 Å². The molecule has 272 valence electrons. The predicted octanol–water partition coefficient (Wildman–Crippen LogP) is 13.3. The third-order valence-electron chi connectivity index (χ3n) is 12.7. The number of nitrogens with two attached hydrogens (primary N) is 1. The third-order valence-corrected chi connectivity index (χ3v) is 12.7. The van der Waals surface area contributed by atoms with Gasteiger partial charge in [0.15, 0.2) is 0 Å². The summed E-state index contributed by atoms with van der Waals surface area (Å²) in [5, 5.41) is 8.95. The topological polar surface area (TPSA) is 38.0 Å². The second kappa shape index (κ2) is 13.0. The first-order chi connectivity index (χ1) is 27.2. The number of benzene rings is 8. The minimum Gasteiger partial charge on any atom is -0.312 e. The molecule has 0 saturated carbocycles. The quantitative estimate of drug-likeness (QED) is 0.161. The van der Waals surface area contributed by atoms with Crippen LogP contribution < -0.4 is 11.1 Å². The van der Waals surface area contributed by atoms with Gasteiger partial charge in [-0.05, 0) is 112 Å². The van der Waals surface area contributed by atoms with Crippen molar-refractivity contribution in [2.45, 2.75) is 50.7 Å². The number of rotatable bonds is 7. The third kappa shape index (κ3) is 5.39. The molecule has 2 atom stereocenters. The Hall–Kier alpha value is -6.06. The van der Waals surface area contributed by atoms with Gasteiger partial charge in [-0.25, -0.2) is 0 Å². The van der Waals surface area contributed by atoms with Crippen LogP contribution in [0.5, 0.6) is 0 Å². The first kappa shape index (κ1) is 34.4. The lowest BCUT2D eigenvalue weighted by Crippen LogP contribution is -2.31. The fraction of sp³-hybridized carbons (Fsp3) is 0.148.